The number of anilines is 1. The molecule has 1 aromatic carbocycles. The lowest BCUT2D eigenvalue weighted by atomic mass is 10.0. The van der Waals surface area contributed by atoms with Crippen molar-refractivity contribution in [3.63, 3.8) is 0 Å². The van der Waals surface area contributed by atoms with Crippen molar-refractivity contribution >= 4 is 69.1 Å². The fraction of sp³-hybridized carbons (Fsp3) is 0.364. The molecule has 0 fully saturated rings. The average molecular weight is 542 g/mol. The van der Waals surface area contributed by atoms with Crippen LogP contribution < -0.4 is 10.1 Å². The van der Waals surface area contributed by atoms with Crippen molar-refractivity contribution in [2.45, 2.75) is 51.9 Å². The first kappa shape index (κ1) is 21.9. The molecule has 3 rings (SSSR count). The third-order valence-electron chi connectivity index (χ3n) is 4.92. The van der Waals surface area contributed by atoms with Crippen LogP contribution in [0.2, 0.25) is 0 Å². The summed E-state index contributed by atoms with van der Waals surface area (Å²) in [5.74, 6) is 0. The first-order valence-electron chi connectivity index (χ1n) is 9.76. The van der Waals surface area contributed by atoms with Gasteiger partial charge >= 0.3 is 0 Å². The van der Waals surface area contributed by atoms with Gasteiger partial charge in [-0.1, -0.05) is 45.1 Å². The van der Waals surface area contributed by atoms with E-state index in [-0.39, 0.29) is 0 Å². The van der Waals surface area contributed by atoms with Gasteiger partial charge in [0.15, 0.2) is 0 Å². The Labute approximate surface area is 194 Å². The molecule has 28 heavy (non-hydrogen) atoms. The number of nitrogens with one attached hydrogen (secondary N) is 1. The molecule has 0 aliphatic heterocycles. The van der Waals surface area contributed by atoms with Crippen LogP contribution >= 0.6 is 45.3 Å². The zero-order valence-corrected chi connectivity index (χ0v) is 20.7. The van der Waals surface area contributed by atoms with E-state index in [9.17, 15) is 0 Å². The highest BCUT2D eigenvalue weighted by Gasteiger charge is 2.19. The number of nitrogens with two attached hydrogens (primary N) is 1. The second kappa shape index (κ2) is 10.8. The Hall–Kier alpha value is -0.830. The number of thiophene rings is 2. The van der Waals surface area contributed by atoms with Gasteiger partial charge in [0.25, 0.3) is 12.4 Å². The van der Waals surface area contributed by atoms with Crippen molar-refractivity contribution in [1.82, 2.24) is 0 Å². The van der Waals surface area contributed by atoms with Gasteiger partial charge in [0.1, 0.15) is 5.69 Å². The topological polar surface area (TPSA) is 40.0 Å². The number of halogens is 1. The van der Waals surface area contributed by atoms with E-state index < -0.39 is 0 Å². The van der Waals surface area contributed by atoms with Crippen LogP contribution in [-0.4, -0.2) is 0 Å². The predicted molar refractivity (Wildman–Crippen MR) is 135 cm³/mol. The standard InChI is InChI=1S/C22H25IN2S3/c1-2-3-4-5-6-7-8-15-11-19(27-13-15)18-10-9-17(21(24)22(18)25-26)20-12-16(23)14-28-20/h9-14H,2-8,24H2,1H3/p+1. The highest BCUT2D eigenvalue weighted by atomic mass is 127. The Morgan fingerprint density at radius 2 is 1.64 bits per heavy atom. The third-order valence-corrected chi connectivity index (χ3v) is 8.14. The number of aryl methyl sites for hydroxylation is 1. The third kappa shape index (κ3) is 5.40. The van der Waals surface area contributed by atoms with Gasteiger partial charge in [-0.3, -0.25) is 0 Å². The molecule has 2 aromatic heterocycles. The molecule has 3 aromatic rings. The highest BCUT2D eigenvalue weighted by Crippen LogP contribution is 2.41. The molecule has 148 valence electrons. The summed E-state index contributed by atoms with van der Waals surface area (Å²) in [7, 11) is 0. The minimum atomic E-state index is 0.733. The summed E-state index contributed by atoms with van der Waals surface area (Å²) < 4.78 is 4.16. The predicted octanol–water partition coefficient (Wildman–Crippen LogP) is 6.68. The maximum atomic E-state index is 6.50. The molecule has 2 nitrogen and oxygen atoms in total. The summed E-state index contributed by atoms with van der Waals surface area (Å²) in [6, 6.07) is 8.73. The highest BCUT2D eigenvalue weighted by molar-refractivity contribution is 14.1. The van der Waals surface area contributed by atoms with Crippen molar-refractivity contribution in [1.29, 1.82) is 0 Å². The zero-order chi connectivity index (χ0) is 19.9. The lowest BCUT2D eigenvalue weighted by Gasteiger charge is -2.06. The molecule has 0 aliphatic carbocycles. The fourth-order valence-electron chi connectivity index (χ4n) is 3.36. The fourth-order valence-corrected chi connectivity index (χ4v) is 6.27. The lowest BCUT2D eigenvalue weighted by molar-refractivity contribution is -0.313. The van der Waals surface area contributed by atoms with Gasteiger partial charge in [-0.2, -0.15) is 0 Å². The average Bonchev–Trinajstić information content (AvgIpc) is 3.33. The smallest absolute Gasteiger partial charge is 0.268 e. The molecule has 6 heteroatoms. The van der Waals surface area contributed by atoms with E-state index in [4.69, 9.17) is 18.2 Å². The minimum Gasteiger partial charge on any atom is -0.393 e. The number of benzene rings is 1. The quantitative estimate of drug-likeness (QED) is 0.171. The van der Waals surface area contributed by atoms with Crippen LogP contribution in [0, 0.1) is 3.57 Å². The molecule has 0 atom stereocenters. The zero-order valence-electron chi connectivity index (χ0n) is 16.1. The van der Waals surface area contributed by atoms with E-state index in [1.54, 1.807) is 22.7 Å². The molecule has 3 N–H and O–H groups in total. The molecule has 0 saturated carbocycles. The lowest BCUT2D eigenvalue weighted by Crippen LogP contribution is -2.56. The molecule has 0 amide bonds. The van der Waals surface area contributed by atoms with Gasteiger partial charge in [-0.15, -0.1) is 27.0 Å². The van der Waals surface area contributed by atoms with Crippen LogP contribution in [-0.2, 0) is 18.8 Å². The number of rotatable bonds is 10. The molecule has 2 heterocycles. The Balaban J connectivity index is 1.74. The molecular formula is C22H26IN2S3+. The van der Waals surface area contributed by atoms with Crippen molar-refractivity contribution < 1.29 is 4.36 Å². The first-order valence-corrected chi connectivity index (χ1v) is 13.0. The number of hydrogen-bond acceptors (Lipinski definition) is 4. The van der Waals surface area contributed by atoms with Gasteiger partial charge < -0.3 is 5.73 Å². The van der Waals surface area contributed by atoms with E-state index in [1.807, 2.05) is 0 Å². The molecular weight excluding hydrogens is 515 g/mol. The van der Waals surface area contributed by atoms with Gasteiger partial charge in [-0.25, -0.2) is 0 Å². The van der Waals surface area contributed by atoms with Gasteiger partial charge in [-0.05, 0) is 64.6 Å². The minimum absolute atomic E-state index is 0.733. The van der Waals surface area contributed by atoms with Gasteiger partial charge in [0.2, 0.25) is 5.69 Å². The number of unbranched alkanes of at least 4 members (excludes halogenated alkanes) is 5. The van der Waals surface area contributed by atoms with E-state index in [0.717, 1.165) is 28.9 Å². The first-order chi connectivity index (χ1) is 13.6. The maximum Gasteiger partial charge on any atom is 0.268 e. The summed E-state index contributed by atoms with van der Waals surface area (Å²) >= 11 is 11.0. The molecule has 0 aliphatic rings. The van der Waals surface area contributed by atoms with E-state index in [0.29, 0.717) is 0 Å². The Bertz CT molecular complexity index is 930. The summed E-state index contributed by atoms with van der Waals surface area (Å²) in [6.07, 6.45) is 9.14. The monoisotopic (exact) mass is 541 g/mol. The second-order valence-electron chi connectivity index (χ2n) is 7.02. The number of nitrogen functional groups attached to an aromatic ring is 1. The molecule has 0 unspecified atom stereocenters. The van der Waals surface area contributed by atoms with E-state index in [2.05, 4.69) is 68.9 Å². The summed E-state index contributed by atoms with van der Waals surface area (Å²) in [4.78, 5) is 2.40. The van der Waals surface area contributed by atoms with Crippen LogP contribution in [0.4, 0.5) is 11.4 Å². The SMILES string of the molecule is CCCCCCCCc1csc(-c2ccc(-c3cc(I)cs3)c(N)c2[NH+]=S)c1. The van der Waals surface area contributed by atoms with Gasteiger partial charge in [0.05, 0.1) is 5.56 Å². The van der Waals surface area contributed by atoms with Crippen LogP contribution in [0.15, 0.2) is 35.0 Å². The van der Waals surface area contributed by atoms with Crippen molar-refractivity contribution in [2.24, 2.45) is 0 Å². The van der Waals surface area contributed by atoms with Crippen molar-refractivity contribution in [3.05, 3.63) is 44.2 Å². The van der Waals surface area contributed by atoms with Crippen LogP contribution in [0.5, 0.6) is 0 Å². The molecule has 0 radical (unpaired) electrons. The summed E-state index contributed by atoms with van der Waals surface area (Å²) in [5.41, 5.74) is 11.6. The van der Waals surface area contributed by atoms with Crippen molar-refractivity contribution in [2.75, 3.05) is 5.73 Å². The Morgan fingerprint density at radius 1 is 0.964 bits per heavy atom. The molecule has 0 saturated heterocycles. The maximum absolute atomic E-state index is 6.50. The van der Waals surface area contributed by atoms with Crippen LogP contribution in [0.25, 0.3) is 20.9 Å². The van der Waals surface area contributed by atoms with E-state index in [1.165, 1.54) is 57.4 Å². The van der Waals surface area contributed by atoms with E-state index >= 15 is 0 Å². The summed E-state index contributed by atoms with van der Waals surface area (Å²) in [6.45, 7) is 2.26. The Kier molecular flexibility index (Phi) is 8.44. The largest absolute Gasteiger partial charge is 0.393 e. The van der Waals surface area contributed by atoms with Crippen LogP contribution in [0.1, 0.15) is 51.0 Å². The molecule has 0 spiro atoms. The van der Waals surface area contributed by atoms with Gasteiger partial charge in [0, 0.05) is 24.3 Å². The molecule has 0 bridgehead atoms. The summed E-state index contributed by atoms with van der Waals surface area (Å²) in [5, 5.41) is 4.41. The second-order valence-corrected chi connectivity index (χ2v) is 10.3. The number of hydrogen-bond donors (Lipinski definition) is 2. The van der Waals surface area contributed by atoms with Crippen molar-refractivity contribution in [3.8, 4) is 20.9 Å². The van der Waals surface area contributed by atoms with Crippen LogP contribution in [0.3, 0.4) is 0 Å². The normalized spacial score (nSPS) is 11.1. The Morgan fingerprint density at radius 3 is 2.36 bits per heavy atom.